The number of carbonyl (C=O) groups excluding carboxylic acids is 2. The van der Waals surface area contributed by atoms with Gasteiger partial charge in [-0.1, -0.05) is 6.07 Å². The molecule has 0 spiro atoms. The van der Waals surface area contributed by atoms with E-state index in [-0.39, 0.29) is 17.6 Å². The molecule has 0 saturated carbocycles. The van der Waals surface area contributed by atoms with E-state index in [9.17, 15) is 9.59 Å². The van der Waals surface area contributed by atoms with Crippen LogP contribution in [0.3, 0.4) is 0 Å². The van der Waals surface area contributed by atoms with Gasteiger partial charge in [-0.3, -0.25) is 14.6 Å². The Balaban J connectivity index is 1.57. The minimum atomic E-state index is -0.332. The lowest BCUT2D eigenvalue weighted by Gasteiger charge is -2.13. The Kier molecular flexibility index (Phi) is 5.66. The van der Waals surface area contributed by atoms with Crippen LogP contribution < -0.4 is 10.7 Å². The summed E-state index contributed by atoms with van der Waals surface area (Å²) in [5.74, 6) is 0.371. The summed E-state index contributed by atoms with van der Waals surface area (Å²) >= 11 is 0. The van der Waals surface area contributed by atoms with E-state index in [4.69, 9.17) is 4.42 Å². The second-order valence-electron chi connectivity index (χ2n) is 7.70. The van der Waals surface area contributed by atoms with Crippen LogP contribution in [0, 0.1) is 20.8 Å². The van der Waals surface area contributed by atoms with E-state index < -0.39 is 0 Å². The predicted molar refractivity (Wildman–Crippen MR) is 118 cm³/mol. The molecule has 3 aromatic rings. The van der Waals surface area contributed by atoms with E-state index in [2.05, 4.69) is 20.8 Å². The molecule has 0 unspecified atom stereocenters. The first-order valence-electron chi connectivity index (χ1n) is 10.2. The van der Waals surface area contributed by atoms with Crippen molar-refractivity contribution in [2.45, 2.75) is 40.0 Å². The van der Waals surface area contributed by atoms with Crippen LogP contribution in [0.2, 0.25) is 0 Å². The number of aromatic nitrogens is 1. The summed E-state index contributed by atoms with van der Waals surface area (Å²) in [7, 11) is 0. The van der Waals surface area contributed by atoms with Crippen LogP contribution in [-0.4, -0.2) is 22.5 Å². The van der Waals surface area contributed by atoms with Gasteiger partial charge in [-0.05, 0) is 69.0 Å². The molecular formula is C24H24N4O3. The monoisotopic (exact) mass is 416 g/mol. The van der Waals surface area contributed by atoms with E-state index in [0.717, 1.165) is 46.5 Å². The van der Waals surface area contributed by atoms with Crippen molar-refractivity contribution < 1.29 is 14.0 Å². The molecule has 0 atom stereocenters. The highest BCUT2D eigenvalue weighted by molar-refractivity contribution is 6.09. The molecule has 2 heterocycles. The number of nitrogens with zero attached hydrogens (tertiary/aromatic N) is 2. The number of fused-ring (bicyclic) bond motifs is 1. The summed E-state index contributed by atoms with van der Waals surface area (Å²) in [6.45, 7) is 5.88. The topological polar surface area (TPSA) is 96.6 Å². The highest BCUT2D eigenvalue weighted by atomic mass is 16.4. The number of hydrogen-bond donors (Lipinski definition) is 2. The van der Waals surface area contributed by atoms with E-state index in [0.29, 0.717) is 17.7 Å². The normalized spacial score (nSPS) is 14.2. The molecular weight excluding hydrogens is 392 g/mol. The lowest BCUT2D eigenvalue weighted by Crippen LogP contribution is -2.22. The number of benzene rings is 1. The van der Waals surface area contributed by atoms with Crippen molar-refractivity contribution >= 4 is 23.2 Å². The highest BCUT2D eigenvalue weighted by Crippen LogP contribution is 2.30. The summed E-state index contributed by atoms with van der Waals surface area (Å²) < 4.78 is 5.93. The lowest BCUT2D eigenvalue weighted by atomic mass is 9.93. The van der Waals surface area contributed by atoms with Crippen molar-refractivity contribution in [3.8, 4) is 0 Å². The van der Waals surface area contributed by atoms with E-state index in [1.54, 1.807) is 18.3 Å². The van der Waals surface area contributed by atoms with E-state index >= 15 is 0 Å². The number of amides is 2. The molecule has 1 aliphatic rings. The maximum Gasteiger partial charge on any atom is 0.291 e. The highest BCUT2D eigenvalue weighted by Gasteiger charge is 2.28. The van der Waals surface area contributed by atoms with Gasteiger partial charge in [-0.15, -0.1) is 0 Å². The Bertz CT molecular complexity index is 1180. The number of rotatable bonds is 4. The molecule has 2 amide bonds. The number of anilines is 1. The van der Waals surface area contributed by atoms with Crippen molar-refractivity contribution in [3.63, 3.8) is 0 Å². The molecule has 31 heavy (non-hydrogen) atoms. The number of hydrogen-bond acceptors (Lipinski definition) is 5. The maximum atomic E-state index is 12.9. The fraction of sp³-hybridized carbons (Fsp3) is 0.250. The fourth-order valence-electron chi connectivity index (χ4n) is 3.68. The van der Waals surface area contributed by atoms with Crippen molar-refractivity contribution in [3.05, 3.63) is 82.1 Å². The van der Waals surface area contributed by atoms with E-state index in [1.807, 2.05) is 39.0 Å². The molecule has 0 radical (unpaired) electrons. The SMILES string of the molecule is Cc1ccc(NC(=O)c2oc3c(c2C)/C(=N/NC(=O)c2cccnc2)CCC3)cc1C. The molecule has 0 fully saturated rings. The van der Waals surface area contributed by atoms with E-state index in [1.165, 1.54) is 6.20 Å². The predicted octanol–water partition coefficient (Wildman–Crippen LogP) is 4.32. The average molecular weight is 416 g/mol. The second-order valence-corrected chi connectivity index (χ2v) is 7.70. The smallest absolute Gasteiger partial charge is 0.291 e. The quantitative estimate of drug-likeness (QED) is 0.619. The molecule has 4 rings (SSSR count). The van der Waals surface area contributed by atoms with Crippen molar-refractivity contribution in [2.75, 3.05) is 5.32 Å². The first-order valence-corrected chi connectivity index (χ1v) is 10.2. The van der Waals surface area contributed by atoms with Crippen LogP contribution in [0.1, 0.15) is 61.8 Å². The van der Waals surface area contributed by atoms with Gasteiger partial charge >= 0.3 is 0 Å². The van der Waals surface area contributed by atoms with Gasteiger partial charge in [-0.2, -0.15) is 5.10 Å². The number of aryl methyl sites for hydroxylation is 3. The maximum absolute atomic E-state index is 12.9. The summed E-state index contributed by atoms with van der Waals surface area (Å²) in [5.41, 5.74) is 8.26. The first-order chi connectivity index (χ1) is 14.9. The van der Waals surface area contributed by atoms with Crippen LogP contribution in [0.25, 0.3) is 0 Å². The molecule has 0 aliphatic heterocycles. The summed E-state index contributed by atoms with van der Waals surface area (Å²) in [6.07, 6.45) is 5.34. The minimum Gasteiger partial charge on any atom is -0.455 e. The van der Waals surface area contributed by atoms with Crippen molar-refractivity contribution in [1.82, 2.24) is 10.4 Å². The zero-order valence-electron chi connectivity index (χ0n) is 17.8. The zero-order valence-corrected chi connectivity index (χ0v) is 17.8. The fourth-order valence-corrected chi connectivity index (χ4v) is 3.68. The molecule has 2 aromatic heterocycles. The van der Waals surface area contributed by atoms with Gasteiger partial charge in [0.05, 0.1) is 11.3 Å². The van der Waals surface area contributed by atoms with Gasteiger partial charge in [-0.25, -0.2) is 5.43 Å². The van der Waals surface area contributed by atoms with Gasteiger partial charge in [0.25, 0.3) is 11.8 Å². The number of furan rings is 1. The summed E-state index contributed by atoms with van der Waals surface area (Å²) in [4.78, 5) is 29.1. The number of nitrogens with one attached hydrogen (secondary N) is 2. The summed E-state index contributed by atoms with van der Waals surface area (Å²) in [5, 5.41) is 7.25. The molecule has 7 nitrogen and oxygen atoms in total. The molecule has 0 saturated heterocycles. The molecule has 7 heteroatoms. The average Bonchev–Trinajstić information content (AvgIpc) is 3.12. The zero-order chi connectivity index (χ0) is 22.0. The molecule has 0 bridgehead atoms. The summed E-state index contributed by atoms with van der Waals surface area (Å²) in [6, 6.07) is 9.15. The lowest BCUT2D eigenvalue weighted by molar-refractivity contribution is 0.0953. The third-order valence-corrected chi connectivity index (χ3v) is 5.51. The van der Waals surface area contributed by atoms with Crippen LogP contribution in [0.5, 0.6) is 0 Å². The van der Waals surface area contributed by atoms with Crippen LogP contribution >= 0.6 is 0 Å². The number of hydrazone groups is 1. The van der Waals surface area contributed by atoms with Gasteiger partial charge < -0.3 is 9.73 Å². The van der Waals surface area contributed by atoms with Gasteiger partial charge in [0.15, 0.2) is 5.76 Å². The number of carbonyl (C=O) groups is 2. The Labute approximate surface area is 180 Å². The Morgan fingerprint density at radius 2 is 1.90 bits per heavy atom. The van der Waals surface area contributed by atoms with Crippen molar-refractivity contribution in [2.24, 2.45) is 5.10 Å². The number of pyridine rings is 1. The van der Waals surface area contributed by atoms with Gasteiger partial charge in [0.1, 0.15) is 5.76 Å². The Hall–Kier alpha value is -3.74. The third-order valence-electron chi connectivity index (χ3n) is 5.51. The van der Waals surface area contributed by atoms with Crippen LogP contribution in [0.4, 0.5) is 5.69 Å². The first kappa shape index (κ1) is 20.5. The Morgan fingerprint density at radius 3 is 2.65 bits per heavy atom. The largest absolute Gasteiger partial charge is 0.455 e. The van der Waals surface area contributed by atoms with Gasteiger partial charge in [0, 0.05) is 35.6 Å². The van der Waals surface area contributed by atoms with Crippen LogP contribution in [0.15, 0.2) is 52.2 Å². The Morgan fingerprint density at radius 1 is 1.06 bits per heavy atom. The van der Waals surface area contributed by atoms with Crippen molar-refractivity contribution in [1.29, 1.82) is 0 Å². The standard InChI is InChI=1S/C24H24N4O3/c1-14-9-10-18(12-15(14)2)26-24(30)22-16(3)21-19(7-4-8-20(21)31-22)27-28-23(29)17-6-5-11-25-13-17/h5-6,9-13H,4,7-8H2,1-3H3,(H,26,30)(H,28,29)/b27-19+. The minimum absolute atomic E-state index is 0.274. The molecule has 1 aromatic carbocycles. The molecule has 2 N–H and O–H groups in total. The molecule has 158 valence electrons. The molecule has 1 aliphatic carbocycles. The van der Waals surface area contributed by atoms with Gasteiger partial charge in [0.2, 0.25) is 0 Å². The second kappa shape index (κ2) is 8.55. The van der Waals surface area contributed by atoms with Crippen LogP contribution in [-0.2, 0) is 6.42 Å². The third kappa shape index (κ3) is 4.26.